The second kappa shape index (κ2) is 5.36. The molecule has 2 aliphatic carbocycles. The van der Waals surface area contributed by atoms with Crippen LogP contribution in [0.15, 0.2) is 42.6 Å². The minimum Gasteiger partial charge on any atom is -0.261 e. The van der Waals surface area contributed by atoms with Crippen LogP contribution in [-0.2, 0) is 12.6 Å². The Morgan fingerprint density at radius 1 is 0.957 bits per heavy atom. The summed E-state index contributed by atoms with van der Waals surface area (Å²) >= 11 is 0. The van der Waals surface area contributed by atoms with E-state index in [4.69, 9.17) is 0 Å². The van der Waals surface area contributed by atoms with Crippen LogP contribution in [0.2, 0.25) is 0 Å². The van der Waals surface area contributed by atoms with Crippen LogP contribution in [-0.4, -0.2) is 4.98 Å². The monoisotopic (exact) mass is 317 g/mol. The highest BCUT2D eigenvalue weighted by Crippen LogP contribution is 2.53. The van der Waals surface area contributed by atoms with Crippen LogP contribution in [0.25, 0.3) is 0 Å². The molecule has 1 heterocycles. The van der Waals surface area contributed by atoms with E-state index in [0.29, 0.717) is 11.8 Å². The SMILES string of the molecule is FC(F)(F)c1cccc(C2CCC2C2CCc3cccnc32)c1. The fraction of sp³-hybridized carbons (Fsp3) is 0.421. The van der Waals surface area contributed by atoms with Crippen molar-refractivity contribution in [1.82, 2.24) is 4.98 Å². The smallest absolute Gasteiger partial charge is 0.261 e. The topological polar surface area (TPSA) is 12.9 Å². The minimum absolute atomic E-state index is 0.232. The number of halogens is 3. The number of nitrogens with zero attached hydrogens (tertiary/aromatic N) is 1. The van der Waals surface area contributed by atoms with Crippen molar-refractivity contribution >= 4 is 0 Å². The van der Waals surface area contributed by atoms with Gasteiger partial charge in [-0.25, -0.2) is 0 Å². The van der Waals surface area contributed by atoms with E-state index in [1.807, 2.05) is 18.3 Å². The van der Waals surface area contributed by atoms with E-state index in [-0.39, 0.29) is 5.92 Å². The Morgan fingerprint density at radius 3 is 2.57 bits per heavy atom. The predicted molar refractivity (Wildman–Crippen MR) is 82.2 cm³/mol. The number of aromatic nitrogens is 1. The van der Waals surface area contributed by atoms with Gasteiger partial charge in [0.25, 0.3) is 0 Å². The fourth-order valence-electron chi connectivity index (χ4n) is 4.23. The Morgan fingerprint density at radius 2 is 1.83 bits per heavy atom. The van der Waals surface area contributed by atoms with Crippen LogP contribution in [0.4, 0.5) is 13.2 Å². The molecule has 1 aromatic heterocycles. The van der Waals surface area contributed by atoms with Crippen molar-refractivity contribution in [2.24, 2.45) is 5.92 Å². The molecule has 3 atom stereocenters. The standard InChI is InChI=1S/C19H18F3N/c20-19(21,22)14-5-1-3-13(11-14)15-8-9-16(15)17-7-6-12-4-2-10-23-18(12)17/h1-5,10-11,15-17H,6-9H2. The molecule has 120 valence electrons. The molecular weight excluding hydrogens is 299 g/mol. The van der Waals surface area contributed by atoms with Gasteiger partial charge in [0.1, 0.15) is 0 Å². The summed E-state index contributed by atoms with van der Waals surface area (Å²) in [7, 11) is 0. The van der Waals surface area contributed by atoms with Gasteiger partial charge in [0, 0.05) is 17.8 Å². The average Bonchev–Trinajstić information content (AvgIpc) is 2.90. The maximum absolute atomic E-state index is 12.9. The minimum atomic E-state index is -4.27. The molecule has 1 nitrogen and oxygen atoms in total. The summed E-state index contributed by atoms with van der Waals surface area (Å²) in [5, 5.41) is 0. The van der Waals surface area contributed by atoms with E-state index >= 15 is 0 Å². The summed E-state index contributed by atoms with van der Waals surface area (Å²) in [4.78, 5) is 4.55. The summed E-state index contributed by atoms with van der Waals surface area (Å²) in [6.45, 7) is 0. The first-order chi connectivity index (χ1) is 11.0. The molecule has 1 saturated carbocycles. The Bertz CT molecular complexity index is 723. The number of aryl methyl sites for hydroxylation is 1. The van der Waals surface area contributed by atoms with E-state index < -0.39 is 11.7 Å². The summed E-state index contributed by atoms with van der Waals surface area (Å²) < 4.78 is 38.8. The number of alkyl halides is 3. The molecule has 1 fully saturated rings. The van der Waals surface area contributed by atoms with Crippen LogP contribution in [0.1, 0.15) is 53.5 Å². The molecular formula is C19H18F3N. The Kier molecular flexibility index (Phi) is 3.43. The van der Waals surface area contributed by atoms with Gasteiger partial charge in [0.15, 0.2) is 0 Å². The van der Waals surface area contributed by atoms with Crippen molar-refractivity contribution in [3.05, 3.63) is 65.0 Å². The lowest BCUT2D eigenvalue weighted by atomic mass is 9.63. The van der Waals surface area contributed by atoms with Gasteiger partial charge in [0.05, 0.1) is 5.56 Å². The first-order valence-electron chi connectivity index (χ1n) is 8.15. The normalized spacial score (nSPS) is 26.7. The molecule has 2 aliphatic rings. The van der Waals surface area contributed by atoms with E-state index in [1.165, 1.54) is 23.4 Å². The summed E-state index contributed by atoms with van der Waals surface area (Å²) in [5.74, 6) is 1.06. The molecule has 0 aliphatic heterocycles. The number of hydrogen-bond acceptors (Lipinski definition) is 1. The van der Waals surface area contributed by atoms with Gasteiger partial charge in [0.2, 0.25) is 0 Å². The van der Waals surface area contributed by atoms with E-state index in [1.54, 1.807) is 0 Å². The molecule has 4 heteroatoms. The first kappa shape index (κ1) is 14.7. The molecule has 0 spiro atoms. The number of pyridine rings is 1. The highest BCUT2D eigenvalue weighted by molar-refractivity contribution is 5.34. The molecule has 23 heavy (non-hydrogen) atoms. The molecule has 3 unspecified atom stereocenters. The van der Waals surface area contributed by atoms with E-state index in [9.17, 15) is 13.2 Å². The van der Waals surface area contributed by atoms with Gasteiger partial charge in [-0.3, -0.25) is 4.98 Å². The summed E-state index contributed by atoms with van der Waals surface area (Å²) in [6, 6.07) is 9.97. The van der Waals surface area contributed by atoms with Crippen molar-refractivity contribution in [3.8, 4) is 0 Å². The molecule has 0 radical (unpaired) electrons. The van der Waals surface area contributed by atoms with Crippen molar-refractivity contribution in [1.29, 1.82) is 0 Å². The van der Waals surface area contributed by atoms with Crippen molar-refractivity contribution < 1.29 is 13.2 Å². The molecule has 0 N–H and O–H groups in total. The summed E-state index contributed by atoms with van der Waals surface area (Å²) in [5.41, 5.74) is 2.78. The fourth-order valence-corrected chi connectivity index (χ4v) is 4.23. The van der Waals surface area contributed by atoms with Gasteiger partial charge >= 0.3 is 6.18 Å². The van der Waals surface area contributed by atoms with E-state index in [2.05, 4.69) is 11.1 Å². The van der Waals surface area contributed by atoms with Crippen molar-refractivity contribution in [3.63, 3.8) is 0 Å². The Balaban J connectivity index is 1.60. The zero-order chi connectivity index (χ0) is 16.0. The maximum Gasteiger partial charge on any atom is 0.416 e. The zero-order valence-corrected chi connectivity index (χ0v) is 12.7. The number of hydrogen-bond donors (Lipinski definition) is 0. The molecule has 1 aromatic carbocycles. The van der Waals surface area contributed by atoms with E-state index in [0.717, 1.165) is 37.3 Å². The Labute approximate surface area is 133 Å². The lowest BCUT2D eigenvalue weighted by Crippen LogP contribution is -2.29. The lowest BCUT2D eigenvalue weighted by molar-refractivity contribution is -0.137. The van der Waals surface area contributed by atoms with Gasteiger partial charge in [-0.2, -0.15) is 13.2 Å². The lowest BCUT2D eigenvalue weighted by Gasteiger charge is -2.41. The highest BCUT2D eigenvalue weighted by atomic mass is 19.4. The molecule has 0 amide bonds. The second-order valence-corrected chi connectivity index (χ2v) is 6.66. The second-order valence-electron chi connectivity index (χ2n) is 6.66. The summed E-state index contributed by atoms with van der Waals surface area (Å²) in [6.07, 6.45) is 1.74. The third-order valence-corrected chi connectivity index (χ3v) is 5.49. The first-order valence-corrected chi connectivity index (χ1v) is 8.15. The Hall–Kier alpha value is -1.84. The number of rotatable bonds is 2. The third kappa shape index (κ3) is 2.54. The molecule has 0 saturated heterocycles. The predicted octanol–water partition coefficient (Wildman–Crippen LogP) is 5.32. The maximum atomic E-state index is 12.9. The van der Waals surface area contributed by atoms with Gasteiger partial charge in [-0.05, 0) is 60.8 Å². The number of benzene rings is 1. The average molecular weight is 317 g/mol. The number of fused-ring (bicyclic) bond motifs is 1. The van der Waals surface area contributed by atoms with Crippen molar-refractivity contribution in [2.75, 3.05) is 0 Å². The largest absolute Gasteiger partial charge is 0.416 e. The van der Waals surface area contributed by atoms with Gasteiger partial charge in [-0.1, -0.05) is 24.3 Å². The molecule has 0 bridgehead atoms. The van der Waals surface area contributed by atoms with Gasteiger partial charge < -0.3 is 0 Å². The highest BCUT2D eigenvalue weighted by Gasteiger charge is 2.42. The van der Waals surface area contributed by atoms with Crippen LogP contribution < -0.4 is 0 Å². The zero-order valence-electron chi connectivity index (χ0n) is 12.7. The van der Waals surface area contributed by atoms with Crippen LogP contribution in [0.3, 0.4) is 0 Å². The molecule has 4 rings (SSSR count). The van der Waals surface area contributed by atoms with Crippen molar-refractivity contribution in [2.45, 2.75) is 43.7 Å². The van der Waals surface area contributed by atoms with Crippen LogP contribution >= 0.6 is 0 Å². The third-order valence-electron chi connectivity index (χ3n) is 5.49. The quantitative estimate of drug-likeness (QED) is 0.730. The van der Waals surface area contributed by atoms with Crippen LogP contribution in [0, 0.1) is 5.92 Å². The van der Waals surface area contributed by atoms with Gasteiger partial charge in [-0.15, -0.1) is 0 Å². The van der Waals surface area contributed by atoms with Crippen LogP contribution in [0.5, 0.6) is 0 Å². The molecule has 2 aromatic rings.